The van der Waals surface area contributed by atoms with Gasteiger partial charge in [-0.2, -0.15) is 4.98 Å². The van der Waals surface area contributed by atoms with Crippen LogP contribution in [0.3, 0.4) is 0 Å². The van der Waals surface area contributed by atoms with E-state index in [0.29, 0.717) is 23.1 Å². The summed E-state index contributed by atoms with van der Waals surface area (Å²) in [7, 11) is 1.91. The smallest absolute Gasteiger partial charge is 0.229 e. The second kappa shape index (κ2) is 8.42. The van der Waals surface area contributed by atoms with Gasteiger partial charge < -0.3 is 15.1 Å². The van der Waals surface area contributed by atoms with Gasteiger partial charge in [-0.1, -0.05) is 43.2 Å². The van der Waals surface area contributed by atoms with Crippen molar-refractivity contribution in [3.63, 3.8) is 0 Å². The molecule has 1 unspecified atom stereocenters. The molecule has 0 spiro atoms. The fourth-order valence-electron chi connectivity index (χ4n) is 4.64. The van der Waals surface area contributed by atoms with Gasteiger partial charge in [0.15, 0.2) is 24.1 Å². The SMILES string of the molecule is CN1c2cnc(Nc3ccc(C(=O)c4ccccc4)cc3)nc2N(C2CCCC2)C1C=O. The van der Waals surface area contributed by atoms with E-state index < -0.39 is 0 Å². The highest BCUT2D eigenvalue weighted by Crippen LogP contribution is 2.41. The van der Waals surface area contributed by atoms with Crippen molar-refractivity contribution >= 4 is 35.2 Å². The minimum absolute atomic E-state index is 0.0129. The Bertz CT molecular complexity index is 1130. The van der Waals surface area contributed by atoms with Crippen molar-refractivity contribution in [2.45, 2.75) is 37.9 Å². The van der Waals surface area contributed by atoms with Crippen LogP contribution in [0.15, 0.2) is 60.8 Å². The Balaban J connectivity index is 1.37. The number of benzene rings is 2. The fourth-order valence-corrected chi connectivity index (χ4v) is 4.64. The molecule has 32 heavy (non-hydrogen) atoms. The van der Waals surface area contributed by atoms with Crippen LogP contribution >= 0.6 is 0 Å². The summed E-state index contributed by atoms with van der Waals surface area (Å²) in [5, 5.41) is 3.23. The number of carbonyl (C=O) groups excluding carboxylic acids is 2. The lowest BCUT2D eigenvalue weighted by atomic mass is 10.0. The number of aromatic nitrogens is 2. The highest BCUT2D eigenvalue weighted by molar-refractivity contribution is 6.09. The highest BCUT2D eigenvalue weighted by atomic mass is 16.1. The lowest BCUT2D eigenvalue weighted by molar-refractivity contribution is -0.108. The van der Waals surface area contributed by atoms with Crippen LogP contribution in [0.25, 0.3) is 0 Å². The van der Waals surface area contributed by atoms with E-state index in [1.165, 1.54) is 12.8 Å². The Labute approximate surface area is 187 Å². The molecule has 2 aromatic carbocycles. The van der Waals surface area contributed by atoms with Gasteiger partial charge in [-0.25, -0.2) is 4.98 Å². The van der Waals surface area contributed by atoms with Crippen molar-refractivity contribution in [1.29, 1.82) is 0 Å². The highest BCUT2D eigenvalue weighted by Gasteiger charge is 2.40. The Morgan fingerprint density at radius 1 is 1.03 bits per heavy atom. The first-order valence-electron chi connectivity index (χ1n) is 11.0. The lowest BCUT2D eigenvalue weighted by Crippen LogP contribution is -2.47. The Kier molecular flexibility index (Phi) is 5.31. The number of hydrogen-bond donors (Lipinski definition) is 1. The summed E-state index contributed by atoms with van der Waals surface area (Å²) in [5.74, 6) is 1.25. The van der Waals surface area contributed by atoms with E-state index in [4.69, 9.17) is 4.98 Å². The Hall–Kier alpha value is -3.74. The van der Waals surface area contributed by atoms with Crippen LogP contribution in [0, 0.1) is 0 Å². The summed E-state index contributed by atoms with van der Waals surface area (Å²) < 4.78 is 0. The zero-order chi connectivity index (χ0) is 22.1. The van der Waals surface area contributed by atoms with Crippen LogP contribution in [0.2, 0.25) is 0 Å². The van der Waals surface area contributed by atoms with E-state index in [2.05, 4.69) is 15.2 Å². The summed E-state index contributed by atoms with van der Waals surface area (Å²) in [6.45, 7) is 0. The summed E-state index contributed by atoms with van der Waals surface area (Å²) in [6.07, 6.45) is 6.90. The van der Waals surface area contributed by atoms with Crippen molar-refractivity contribution in [2.24, 2.45) is 0 Å². The van der Waals surface area contributed by atoms with E-state index in [0.717, 1.165) is 36.3 Å². The lowest BCUT2D eigenvalue weighted by Gasteiger charge is -2.30. The Morgan fingerprint density at radius 3 is 2.41 bits per heavy atom. The molecule has 1 aromatic heterocycles. The van der Waals surface area contributed by atoms with Crippen LogP contribution in [-0.2, 0) is 4.79 Å². The van der Waals surface area contributed by atoms with Crippen LogP contribution in [0.4, 0.5) is 23.1 Å². The molecular formula is C25H25N5O2. The number of ketones is 1. The van der Waals surface area contributed by atoms with Gasteiger partial charge in [0.2, 0.25) is 5.95 Å². The van der Waals surface area contributed by atoms with Crippen LogP contribution in [-0.4, -0.2) is 41.3 Å². The molecule has 1 saturated carbocycles. The number of anilines is 4. The molecule has 0 amide bonds. The van der Waals surface area contributed by atoms with Gasteiger partial charge >= 0.3 is 0 Å². The van der Waals surface area contributed by atoms with Crippen molar-refractivity contribution in [3.05, 3.63) is 71.9 Å². The van der Waals surface area contributed by atoms with Gasteiger partial charge in [-0.3, -0.25) is 9.59 Å². The summed E-state index contributed by atoms with van der Waals surface area (Å²) >= 11 is 0. The zero-order valence-corrected chi connectivity index (χ0v) is 17.9. The number of hydrogen-bond acceptors (Lipinski definition) is 7. The second-order valence-corrected chi connectivity index (χ2v) is 8.31. The first-order chi connectivity index (χ1) is 15.7. The van der Waals surface area contributed by atoms with Crippen molar-refractivity contribution in [1.82, 2.24) is 9.97 Å². The molecule has 1 fully saturated rings. The normalized spacial score (nSPS) is 18.0. The first-order valence-corrected chi connectivity index (χ1v) is 11.0. The quantitative estimate of drug-likeness (QED) is 0.467. The molecule has 0 bridgehead atoms. The minimum Gasteiger partial charge on any atom is -0.344 e. The number of nitrogens with zero attached hydrogens (tertiary/aromatic N) is 4. The van der Waals surface area contributed by atoms with Gasteiger partial charge in [0.1, 0.15) is 5.69 Å². The molecule has 3 aromatic rings. The minimum atomic E-state index is -0.346. The number of carbonyl (C=O) groups is 2. The number of rotatable bonds is 6. The number of aldehydes is 1. The van der Waals surface area contributed by atoms with Gasteiger partial charge in [0.05, 0.1) is 6.20 Å². The number of fused-ring (bicyclic) bond motifs is 1. The van der Waals surface area contributed by atoms with Gasteiger partial charge in [0, 0.05) is 29.9 Å². The van der Waals surface area contributed by atoms with E-state index >= 15 is 0 Å². The van der Waals surface area contributed by atoms with Crippen molar-refractivity contribution in [2.75, 3.05) is 22.2 Å². The van der Waals surface area contributed by atoms with Crippen LogP contribution in [0.5, 0.6) is 0 Å². The molecule has 1 atom stereocenters. The second-order valence-electron chi connectivity index (χ2n) is 8.31. The maximum Gasteiger partial charge on any atom is 0.229 e. The molecule has 5 rings (SSSR count). The maximum absolute atomic E-state index is 12.6. The maximum atomic E-state index is 12.6. The monoisotopic (exact) mass is 427 g/mol. The Morgan fingerprint density at radius 2 is 1.72 bits per heavy atom. The standard InChI is InChI=1S/C25H25N5O2/c1-29-21-15-26-25(28-24(21)30(22(29)16-31)20-9-5-6-10-20)27-19-13-11-18(12-14-19)23(32)17-7-3-2-4-8-17/h2-4,7-8,11-16,20,22H,5-6,9-10H2,1H3,(H,26,27,28). The van der Waals surface area contributed by atoms with Gasteiger partial charge in [-0.05, 0) is 37.1 Å². The molecular weight excluding hydrogens is 402 g/mol. The summed E-state index contributed by atoms with van der Waals surface area (Å²) in [5.41, 5.74) is 2.94. The molecule has 1 aliphatic carbocycles. The molecule has 2 aliphatic rings. The van der Waals surface area contributed by atoms with Gasteiger partial charge in [0.25, 0.3) is 0 Å². The third-order valence-electron chi connectivity index (χ3n) is 6.34. The predicted molar refractivity (Wildman–Crippen MR) is 125 cm³/mol. The van der Waals surface area contributed by atoms with Crippen molar-refractivity contribution in [3.8, 4) is 0 Å². The largest absolute Gasteiger partial charge is 0.344 e. The number of likely N-dealkylation sites (N-methyl/N-ethyl adjacent to an activating group) is 1. The average molecular weight is 428 g/mol. The molecule has 7 heteroatoms. The van der Waals surface area contributed by atoms with Crippen molar-refractivity contribution < 1.29 is 9.59 Å². The predicted octanol–water partition coefficient (Wildman–Crippen LogP) is 4.18. The fraction of sp³-hybridized carbons (Fsp3) is 0.280. The first kappa shape index (κ1) is 20.2. The molecule has 2 heterocycles. The molecule has 7 nitrogen and oxygen atoms in total. The third kappa shape index (κ3) is 3.60. The zero-order valence-electron chi connectivity index (χ0n) is 17.9. The molecule has 1 N–H and O–H groups in total. The molecule has 1 aliphatic heterocycles. The van der Waals surface area contributed by atoms with E-state index in [1.54, 1.807) is 18.3 Å². The van der Waals surface area contributed by atoms with E-state index in [-0.39, 0.29) is 11.9 Å². The topological polar surface area (TPSA) is 78.4 Å². The molecule has 0 radical (unpaired) electrons. The van der Waals surface area contributed by atoms with Crippen LogP contribution < -0.4 is 15.1 Å². The molecule has 162 valence electrons. The third-order valence-corrected chi connectivity index (χ3v) is 6.34. The molecule has 0 saturated heterocycles. The average Bonchev–Trinajstić information content (AvgIpc) is 3.45. The number of nitrogens with one attached hydrogen (secondary N) is 1. The van der Waals surface area contributed by atoms with E-state index in [9.17, 15) is 9.59 Å². The van der Waals surface area contributed by atoms with Crippen LogP contribution in [0.1, 0.15) is 41.6 Å². The summed E-state index contributed by atoms with van der Waals surface area (Å²) in [4.78, 5) is 37.8. The summed E-state index contributed by atoms with van der Waals surface area (Å²) in [6, 6.07) is 16.8. The van der Waals surface area contributed by atoms with Gasteiger partial charge in [-0.15, -0.1) is 0 Å². The van der Waals surface area contributed by atoms with E-state index in [1.807, 2.05) is 54.4 Å².